The molecule has 0 saturated carbocycles. The van der Waals surface area contributed by atoms with Crippen LogP contribution < -0.4 is 11.1 Å². The Morgan fingerprint density at radius 1 is 1.45 bits per heavy atom. The minimum Gasteiger partial charge on any atom is -0.390 e. The van der Waals surface area contributed by atoms with E-state index in [2.05, 4.69) is 26.1 Å². The Morgan fingerprint density at radius 2 is 1.91 bits per heavy atom. The normalized spacial score (nSPS) is 18.0. The third-order valence-electron chi connectivity index (χ3n) is 1.87. The van der Waals surface area contributed by atoms with Crippen LogP contribution in [0, 0.1) is 5.41 Å². The predicted octanol–water partition coefficient (Wildman–Crippen LogP) is -0.0599. The molecule has 11 heavy (non-hydrogen) atoms. The lowest BCUT2D eigenvalue weighted by molar-refractivity contribution is 0.0816. The van der Waals surface area contributed by atoms with Gasteiger partial charge in [0.2, 0.25) is 0 Å². The number of hydrogen-bond acceptors (Lipinski definition) is 3. The van der Waals surface area contributed by atoms with Crippen molar-refractivity contribution in [2.24, 2.45) is 11.1 Å². The van der Waals surface area contributed by atoms with Crippen LogP contribution in [0.3, 0.4) is 0 Å². The van der Waals surface area contributed by atoms with Gasteiger partial charge in [0.1, 0.15) is 0 Å². The van der Waals surface area contributed by atoms with Crippen molar-refractivity contribution in [1.29, 1.82) is 0 Å². The molecule has 0 aromatic carbocycles. The first-order valence-corrected chi connectivity index (χ1v) is 3.99. The lowest BCUT2D eigenvalue weighted by Gasteiger charge is -2.33. The van der Waals surface area contributed by atoms with Crippen LogP contribution in [0.2, 0.25) is 0 Å². The summed E-state index contributed by atoms with van der Waals surface area (Å²) in [5, 5.41) is 12.5. The molecule has 0 aliphatic carbocycles. The molecule has 0 radical (unpaired) electrons. The number of nitrogens with two attached hydrogens (primary N) is 1. The Labute approximate surface area is 69.0 Å². The van der Waals surface area contributed by atoms with Crippen LogP contribution in [0.4, 0.5) is 0 Å². The van der Waals surface area contributed by atoms with Crippen LogP contribution >= 0.6 is 0 Å². The second-order valence-electron chi connectivity index (χ2n) is 3.94. The van der Waals surface area contributed by atoms with E-state index in [0.29, 0.717) is 6.54 Å². The molecular weight excluding hydrogens is 140 g/mol. The van der Waals surface area contributed by atoms with Gasteiger partial charge in [0.05, 0.1) is 6.10 Å². The van der Waals surface area contributed by atoms with Crippen molar-refractivity contribution in [2.45, 2.75) is 32.9 Å². The highest BCUT2D eigenvalue weighted by Crippen LogP contribution is 2.20. The number of rotatable bonds is 3. The van der Waals surface area contributed by atoms with Crippen molar-refractivity contribution in [1.82, 2.24) is 5.32 Å². The van der Waals surface area contributed by atoms with E-state index in [4.69, 9.17) is 5.73 Å². The van der Waals surface area contributed by atoms with Crippen molar-refractivity contribution in [2.75, 3.05) is 13.6 Å². The van der Waals surface area contributed by atoms with E-state index < -0.39 is 6.10 Å². The maximum atomic E-state index is 9.47. The fraction of sp³-hybridized carbons (Fsp3) is 1.00. The Bertz CT molecular complexity index is 109. The van der Waals surface area contributed by atoms with Crippen LogP contribution in [0.25, 0.3) is 0 Å². The highest BCUT2D eigenvalue weighted by atomic mass is 16.3. The minimum absolute atomic E-state index is 0.0491. The first-order valence-electron chi connectivity index (χ1n) is 3.99. The maximum Gasteiger partial charge on any atom is 0.0820 e. The van der Waals surface area contributed by atoms with Gasteiger partial charge in [-0.25, -0.2) is 0 Å². The third kappa shape index (κ3) is 3.18. The molecule has 68 valence electrons. The molecule has 0 rings (SSSR count). The Hall–Kier alpha value is -0.120. The van der Waals surface area contributed by atoms with Gasteiger partial charge in [-0.05, 0) is 12.5 Å². The highest BCUT2D eigenvalue weighted by Gasteiger charge is 2.28. The van der Waals surface area contributed by atoms with E-state index in [0.717, 1.165) is 0 Å². The van der Waals surface area contributed by atoms with Gasteiger partial charge in [0.15, 0.2) is 0 Å². The molecule has 2 atom stereocenters. The van der Waals surface area contributed by atoms with E-state index in [1.165, 1.54) is 0 Å². The molecule has 0 saturated heterocycles. The van der Waals surface area contributed by atoms with E-state index >= 15 is 0 Å². The Kier molecular flexibility index (Phi) is 4.00. The molecule has 0 aliphatic rings. The molecular formula is C8H20N2O. The van der Waals surface area contributed by atoms with E-state index in [1.807, 2.05) is 7.05 Å². The summed E-state index contributed by atoms with van der Waals surface area (Å²) in [6.45, 7) is 6.54. The fourth-order valence-corrected chi connectivity index (χ4v) is 1.34. The van der Waals surface area contributed by atoms with Crippen molar-refractivity contribution in [3.63, 3.8) is 0 Å². The molecule has 4 N–H and O–H groups in total. The lowest BCUT2D eigenvalue weighted by atomic mass is 9.83. The number of likely N-dealkylation sites (N-methyl/N-ethyl adjacent to an activating group) is 1. The zero-order chi connectivity index (χ0) is 9.07. The van der Waals surface area contributed by atoms with E-state index in [-0.39, 0.29) is 11.5 Å². The minimum atomic E-state index is -0.458. The number of aliphatic hydroxyl groups excluding tert-OH is 1. The summed E-state index contributed by atoms with van der Waals surface area (Å²) in [6.07, 6.45) is -0.458. The number of aliphatic hydroxyl groups is 1. The summed E-state index contributed by atoms with van der Waals surface area (Å²) >= 11 is 0. The third-order valence-corrected chi connectivity index (χ3v) is 1.87. The molecule has 3 heteroatoms. The molecule has 0 aromatic rings. The molecule has 0 aromatic heterocycles. The SMILES string of the molecule is CNC(C(O)CN)C(C)(C)C. The summed E-state index contributed by atoms with van der Waals surface area (Å²) in [5.74, 6) is 0. The van der Waals surface area contributed by atoms with Gasteiger partial charge in [-0.2, -0.15) is 0 Å². The molecule has 0 fully saturated rings. The zero-order valence-electron chi connectivity index (χ0n) is 7.89. The molecule has 0 spiro atoms. The van der Waals surface area contributed by atoms with Gasteiger partial charge < -0.3 is 16.2 Å². The van der Waals surface area contributed by atoms with E-state index in [1.54, 1.807) is 0 Å². The largest absolute Gasteiger partial charge is 0.390 e. The summed E-state index contributed by atoms with van der Waals surface area (Å²) < 4.78 is 0. The summed E-state index contributed by atoms with van der Waals surface area (Å²) in [6, 6.07) is 0.0625. The fourth-order valence-electron chi connectivity index (χ4n) is 1.34. The van der Waals surface area contributed by atoms with Crippen molar-refractivity contribution in [3.8, 4) is 0 Å². The number of hydrogen-bond donors (Lipinski definition) is 3. The van der Waals surface area contributed by atoms with Crippen molar-refractivity contribution >= 4 is 0 Å². The molecule has 0 bridgehead atoms. The lowest BCUT2D eigenvalue weighted by Crippen LogP contribution is -2.50. The zero-order valence-corrected chi connectivity index (χ0v) is 7.89. The van der Waals surface area contributed by atoms with Gasteiger partial charge in [-0.3, -0.25) is 0 Å². The maximum absolute atomic E-state index is 9.47. The monoisotopic (exact) mass is 160 g/mol. The summed E-state index contributed by atoms with van der Waals surface area (Å²) in [4.78, 5) is 0. The van der Waals surface area contributed by atoms with Gasteiger partial charge in [0, 0.05) is 12.6 Å². The second kappa shape index (κ2) is 4.04. The van der Waals surface area contributed by atoms with E-state index in [9.17, 15) is 5.11 Å². The average Bonchev–Trinajstić information content (AvgIpc) is 1.86. The first kappa shape index (κ1) is 10.9. The molecule has 3 nitrogen and oxygen atoms in total. The average molecular weight is 160 g/mol. The van der Waals surface area contributed by atoms with Gasteiger partial charge in [-0.1, -0.05) is 20.8 Å². The topological polar surface area (TPSA) is 58.3 Å². The quantitative estimate of drug-likeness (QED) is 0.542. The number of nitrogens with one attached hydrogen (secondary N) is 1. The van der Waals surface area contributed by atoms with Gasteiger partial charge >= 0.3 is 0 Å². The van der Waals surface area contributed by atoms with Crippen LogP contribution in [0.15, 0.2) is 0 Å². The summed E-state index contributed by atoms with van der Waals surface area (Å²) in [7, 11) is 1.84. The van der Waals surface area contributed by atoms with Crippen molar-refractivity contribution in [3.05, 3.63) is 0 Å². The summed E-state index contributed by atoms with van der Waals surface area (Å²) in [5.41, 5.74) is 5.40. The van der Waals surface area contributed by atoms with Crippen LogP contribution in [-0.2, 0) is 0 Å². The molecule has 2 unspecified atom stereocenters. The standard InChI is InChI=1S/C8H20N2O/c1-8(2,3)7(10-4)6(11)5-9/h6-7,10-11H,5,9H2,1-4H3. The van der Waals surface area contributed by atoms with Crippen molar-refractivity contribution < 1.29 is 5.11 Å². The second-order valence-corrected chi connectivity index (χ2v) is 3.94. The molecule has 0 amide bonds. The van der Waals surface area contributed by atoms with Gasteiger partial charge in [0.25, 0.3) is 0 Å². The Balaban J connectivity index is 4.16. The van der Waals surface area contributed by atoms with Crippen LogP contribution in [-0.4, -0.2) is 30.8 Å². The molecule has 0 heterocycles. The van der Waals surface area contributed by atoms with Gasteiger partial charge in [-0.15, -0.1) is 0 Å². The smallest absolute Gasteiger partial charge is 0.0820 e. The molecule has 0 aliphatic heterocycles. The highest BCUT2D eigenvalue weighted by molar-refractivity contribution is 4.85. The Morgan fingerprint density at radius 3 is 2.00 bits per heavy atom. The first-order chi connectivity index (χ1) is 4.93. The van der Waals surface area contributed by atoms with Crippen LogP contribution in [0.1, 0.15) is 20.8 Å². The predicted molar refractivity (Wildman–Crippen MR) is 47.4 cm³/mol. The van der Waals surface area contributed by atoms with Crippen LogP contribution in [0.5, 0.6) is 0 Å².